The fourth-order valence-electron chi connectivity index (χ4n) is 5.14. The Morgan fingerprint density at radius 2 is 1.72 bits per heavy atom. The summed E-state index contributed by atoms with van der Waals surface area (Å²) in [6.07, 6.45) is 3.68. The van der Waals surface area contributed by atoms with Crippen LogP contribution >= 0.6 is 28.3 Å². The molecule has 0 radical (unpaired) electrons. The molecule has 162 valence electrons. The number of piperidine rings is 1. The van der Waals surface area contributed by atoms with Crippen molar-refractivity contribution < 1.29 is 0 Å². The summed E-state index contributed by atoms with van der Waals surface area (Å²) >= 11 is 1.86. The lowest BCUT2D eigenvalue weighted by molar-refractivity contribution is 0.233. The number of rotatable bonds is 2. The van der Waals surface area contributed by atoms with Crippen molar-refractivity contribution in [1.82, 2.24) is 10.3 Å². The van der Waals surface area contributed by atoms with Gasteiger partial charge in [0.15, 0.2) is 0 Å². The first-order valence-corrected chi connectivity index (χ1v) is 11.4. The molecule has 1 fully saturated rings. The Kier molecular flexibility index (Phi) is 7.45. The van der Waals surface area contributed by atoms with Crippen LogP contribution in [0.4, 0.5) is 0 Å². The van der Waals surface area contributed by atoms with Crippen LogP contribution in [0.25, 0.3) is 11.3 Å². The lowest BCUT2D eigenvalue weighted by Crippen LogP contribution is -2.40. The summed E-state index contributed by atoms with van der Waals surface area (Å²) in [7, 11) is 0. The second-order valence-corrected chi connectivity index (χ2v) is 10.9. The van der Waals surface area contributed by atoms with E-state index in [9.17, 15) is 0 Å². The monoisotopic (exact) mass is 478 g/mol. The molecule has 2 aromatic rings. The molecule has 1 N–H and O–H groups in total. The summed E-state index contributed by atoms with van der Waals surface area (Å²) in [6.45, 7) is 16.6. The maximum absolute atomic E-state index is 5.10. The van der Waals surface area contributed by atoms with E-state index in [-0.39, 0.29) is 35.2 Å². The molecule has 0 spiro atoms. The van der Waals surface area contributed by atoms with Crippen molar-refractivity contribution in [3.05, 3.63) is 39.2 Å². The van der Waals surface area contributed by atoms with Crippen LogP contribution in [0.15, 0.2) is 17.5 Å². The average molecular weight is 480 g/mol. The first kappa shape index (κ1) is 24.6. The van der Waals surface area contributed by atoms with Gasteiger partial charge < -0.3 is 5.32 Å². The zero-order chi connectivity index (χ0) is 19.4. The second-order valence-electron chi connectivity index (χ2n) is 10.0. The van der Waals surface area contributed by atoms with Gasteiger partial charge in [0, 0.05) is 16.9 Å². The molecule has 29 heavy (non-hydrogen) atoms. The zero-order valence-corrected chi connectivity index (χ0v) is 20.7. The van der Waals surface area contributed by atoms with Gasteiger partial charge in [-0.3, -0.25) is 0 Å². The van der Waals surface area contributed by atoms with Gasteiger partial charge in [-0.05, 0) is 78.8 Å². The van der Waals surface area contributed by atoms with E-state index in [2.05, 4.69) is 64.4 Å². The SMILES string of the molecule is Br.C.Cc1cc2c(cc1-c1csc(C3CCNCC3)n1)C(C)(C)CC(C)C2(C)C. The number of fused-ring (bicyclic) bond motifs is 1. The molecule has 1 aromatic carbocycles. The van der Waals surface area contributed by atoms with E-state index < -0.39 is 0 Å². The molecule has 0 bridgehead atoms. The van der Waals surface area contributed by atoms with Crippen LogP contribution in [-0.2, 0) is 10.8 Å². The minimum absolute atomic E-state index is 0. The van der Waals surface area contributed by atoms with Crippen molar-refractivity contribution in [2.24, 2.45) is 5.92 Å². The molecule has 2 nitrogen and oxygen atoms in total. The third-order valence-electron chi connectivity index (χ3n) is 7.32. The van der Waals surface area contributed by atoms with Crippen molar-refractivity contribution >= 4 is 28.3 Å². The molecule has 0 amide bonds. The molecule has 1 aromatic heterocycles. The highest BCUT2D eigenvalue weighted by atomic mass is 79.9. The molecule has 4 heteroatoms. The molecule has 1 aliphatic carbocycles. The summed E-state index contributed by atoms with van der Waals surface area (Å²) in [6, 6.07) is 4.94. The van der Waals surface area contributed by atoms with Gasteiger partial charge in [0.2, 0.25) is 0 Å². The molecule has 4 rings (SSSR count). The summed E-state index contributed by atoms with van der Waals surface area (Å²) in [5.74, 6) is 1.33. The number of thiazole rings is 1. The number of benzene rings is 1. The number of aryl methyl sites for hydroxylation is 1. The Hall–Kier alpha value is -0.710. The van der Waals surface area contributed by atoms with Gasteiger partial charge in [-0.25, -0.2) is 4.98 Å². The zero-order valence-electron chi connectivity index (χ0n) is 18.2. The molecule has 1 saturated heterocycles. The highest BCUT2D eigenvalue weighted by molar-refractivity contribution is 8.93. The minimum atomic E-state index is 0. The van der Waals surface area contributed by atoms with Crippen molar-refractivity contribution in [2.45, 2.75) is 85.0 Å². The topological polar surface area (TPSA) is 24.9 Å². The predicted octanol–water partition coefficient (Wildman–Crippen LogP) is 7.39. The fourth-order valence-corrected chi connectivity index (χ4v) is 6.13. The maximum atomic E-state index is 5.10. The van der Waals surface area contributed by atoms with Gasteiger partial charge in [-0.15, -0.1) is 28.3 Å². The van der Waals surface area contributed by atoms with Crippen molar-refractivity contribution in [3.63, 3.8) is 0 Å². The predicted molar refractivity (Wildman–Crippen MR) is 134 cm³/mol. The largest absolute Gasteiger partial charge is 0.317 e. The Morgan fingerprint density at radius 3 is 2.38 bits per heavy atom. The van der Waals surface area contributed by atoms with Crippen LogP contribution in [0.5, 0.6) is 0 Å². The lowest BCUT2D eigenvalue weighted by Gasteiger charge is -2.47. The quantitative estimate of drug-likeness (QED) is 0.486. The van der Waals surface area contributed by atoms with Gasteiger partial charge in [-0.2, -0.15) is 0 Å². The fraction of sp³-hybridized carbons (Fsp3) is 0.640. The third-order valence-corrected chi connectivity index (χ3v) is 8.33. The number of nitrogens with one attached hydrogen (secondary N) is 1. The van der Waals surface area contributed by atoms with E-state index in [0.717, 1.165) is 13.1 Å². The Balaban J connectivity index is 0.00000150. The molecule has 1 aliphatic heterocycles. The molecular formula is C25H39BrN2S. The Labute approximate surface area is 192 Å². The smallest absolute Gasteiger partial charge is 0.0964 e. The molecule has 0 saturated carbocycles. The lowest BCUT2D eigenvalue weighted by atomic mass is 9.58. The summed E-state index contributed by atoms with van der Waals surface area (Å²) in [5.41, 5.74) is 7.42. The van der Waals surface area contributed by atoms with Crippen LogP contribution in [0.2, 0.25) is 0 Å². The second kappa shape index (κ2) is 8.80. The molecule has 2 heterocycles. The highest BCUT2D eigenvalue weighted by Crippen LogP contribution is 2.50. The Bertz CT molecular complexity index is 847. The van der Waals surface area contributed by atoms with Crippen LogP contribution < -0.4 is 5.32 Å². The number of aromatic nitrogens is 1. The van der Waals surface area contributed by atoms with Gasteiger partial charge in [0.1, 0.15) is 0 Å². The number of nitrogens with zero attached hydrogens (tertiary/aromatic N) is 1. The van der Waals surface area contributed by atoms with Gasteiger partial charge in [0.05, 0.1) is 10.7 Å². The summed E-state index contributed by atoms with van der Waals surface area (Å²) in [4.78, 5) is 5.10. The Morgan fingerprint density at radius 1 is 1.07 bits per heavy atom. The number of halogens is 1. The highest BCUT2D eigenvalue weighted by Gasteiger charge is 2.42. The van der Waals surface area contributed by atoms with E-state index in [1.54, 1.807) is 5.56 Å². The minimum Gasteiger partial charge on any atom is -0.317 e. The summed E-state index contributed by atoms with van der Waals surface area (Å²) < 4.78 is 0. The molecular weight excluding hydrogens is 440 g/mol. The van der Waals surface area contributed by atoms with Gasteiger partial charge in [-0.1, -0.05) is 48.1 Å². The standard InChI is InChI=1S/C24H34N2S.CH4.BrH/c1-15-11-20-19(23(3,4)13-16(2)24(20,5)6)12-18(15)21-14-27-22(26-21)17-7-9-25-10-8-17;;/h11-12,14,16-17,25H,7-10,13H2,1-6H3;1H4;1H. The van der Waals surface area contributed by atoms with Gasteiger partial charge in [0.25, 0.3) is 0 Å². The first-order chi connectivity index (χ1) is 12.7. The van der Waals surface area contributed by atoms with Crippen LogP contribution in [0.3, 0.4) is 0 Å². The van der Waals surface area contributed by atoms with Crippen LogP contribution in [0, 0.1) is 12.8 Å². The third kappa shape index (κ3) is 4.36. The summed E-state index contributed by atoms with van der Waals surface area (Å²) in [5, 5.41) is 7.08. The molecule has 1 atom stereocenters. The van der Waals surface area contributed by atoms with Crippen molar-refractivity contribution in [3.8, 4) is 11.3 Å². The maximum Gasteiger partial charge on any atom is 0.0964 e. The van der Waals surface area contributed by atoms with Crippen molar-refractivity contribution in [1.29, 1.82) is 0 Å². The number of hydrogen-bond acceptors (Lipinski definition) is 3. The first-order valence-electron chi connectivity index (χ1n) is 10.5. The van der Waals surface area contributed by atoms with E-state index in [1.807, 2.05) is 11.3 Å². The van der Waals surface area contributed by atoms with Crippen molar-refractivity contribution in [2.75, 3.05) is 13.1 Å². The average Bonchev–Trinajstić information content (AvgIpc) is 3.10. The van der Waals surface area contributed by atoms with E-state index >= 15 is 0 Å². The normalized spacial score (nSPS) is 22.9. The van der Waals surface area contributed by atoms with E-state index in [0.29, 0.717) is 11.8 Å². The van der Waals surface area contributed by atoms with E-state index in [4.69, 9.17) is 4.98 Å². The van der Waals surface area contributed by atoms with Gasteiger partial charge >= 0.3 is 0 Å². The molecule has 1 unspecified atom stereocenters. The van der Waals surface area contributed by atoms with Crippen LogP contribution in [-0.4, -0.2) is 18.1 Å². The van der Waals surface area contributed by atoms with Crippen LogP contribution in [0.1, 0.15) is 88.9 Å². The van der Waals surface area contributed by atoms with E-state index in [1.165, 1.54) is 46.7 Å². The molecule has 2 aliphatic rings. The number of hydrogen-bond donors (Lipinski definition) is 1.